The van der Waals surface area contributed by atoms with Crippen molar-refractivity contribution in [3.63, 3.8) is 0 Å². The van der Waals surface area contributed by atoms with Gasteiger partial charge in [-0.1, -0.05) is 0 Å². The third kappa shape index (κ3) is 2.31. The molecule has 0 radical (unpaired) electrons. The smallest absolute Gasteiger partial charge is 0.125 e. The second kappa shape index (κ2) is 5.70. The summed E-state index contributed by atoms with van der Waals surface area (Å²) in [5.74, 6) is 1.20. The number of aryl methyl sites for hydroxylation is 1. The second-order valence-electron chi connectivity index (χ2n) is 5.24. The molecule has 1 saturated carbocycles. The molecule has 5 heteroatoms. The lowest BCUT2D eigenvalue weighted by molar-refractivity contribution is 0.0753. The van der Waals surface area contributed by atoms with Crippen LogP contribution in [-0.2, 0) is 11.2 Å². The van der Waals surface area contributed by atoms with E-state index in [2.05, 4.69) is 9.55 Å². The first kappa shape index (κ1) is 13.8. The van der Waals surface area contributed by atoms with Gasteiger partial charge in [0.15, 0.2) is 0 Å². The molecule has 3 nitrogen and oxygen atoms in total. The van der Waals surface area contributed by atoms with Crippen LogP contribution in [0.2, 0.25) is 0 Å². The summed E-state index contributed by atoms with van der Waals surface area (Å²) in [5, 5.41) is 0. The van der Waals surface area contributed by atoms with E-state index in [1.807, 2.05) is 0 Å². The highest BCUT2D eigenvalue weighted by Gasteiger charge is 2.31. The number of benzene rings is 1. The van der Waals surface area contributed by atoms with Gasteiger partial charge in [-0.15, -0.1) is 11.6 Å². The first-order chi connectivity index (χ1) is 9.74. The Morgan fingerprint density at radius 1 is 1.45 bits per heavy atom. The van der Waals surface area contributed by atoms with E-state index < -0.39 is 0 Å². The molecular formula is C15H18ClFN2O. The summed E-state index contributed by atoms with van der Waals surface area (Å²) in [6.45, 7) is 0. The first-order valence-electron chi connectivity index (χ1n) is 6.99. The molecule has 1 fully saturated rings. The van der Waals surface area contributed by atoms with Crippen LogP contribution in [-0.4, -0.2) is 28.6 Å². The monoisotopic (exact) mass is 296 g/mol. The highest BCUT2D eigenvalue weighted by Crippen LogP contribution is 2.36. The molecule has 1 aliphatic carbocycles. The standard InChI is InChI=1S/C15H18ClFN2O/c1-20-14-4-2-3-12(14)19-13-9-10(17)5-6-11(13)18-15(19)7-8-16/h5-6,9,12,14H,2-4,7-8H2,1H3. The zero-order valence-corrected chi connectivity index (χ0v) is 12.2. The topological polar surface area (TPSA) is 27.1 Å². The predicted molar refractivity (Wildman–Crippen MR) is 77.8 cm³/mol. The number of rotatable bonds is 4. The fourth-order valence-electron chi connectivity index (χ4n) is 3.22. The number of ether oxygens (including phenoxy) is 1. The fraction of sp³-hybridized carbons (Fsp3) is 0.533. The highest BCUT2D eigenvalue weighted by molar-refractivity contribution is 6.17. The molecule has 2 aromatic rings. The number of alkyl halides is 1. The minimum absolute atomic E-state index is 0.171. The van der Waals surface area contributed by atoms with Gasteiger partial charge in [0.1, 0.15) is 11.6 Å². The van der Waals surface area contributed by atoms with E-state index in [1.165, 1.54) is 6.07 Å². The Hall–Kier alpha value is -1.13. The summed E-state index contributed by atoms with van der Waals surface area (Å²) in [5.41, 5.74) is 1.67. The average Bonchev–Trinajstić information content (AvgIpc) is 3.02. The van der Waals surface area contributed by atoms with Crippen molar-refractivity contribution in [2.75, 3.05) is 13.0 Å². The van der Waals surface area contributed by atoms with E-state index in [4.69, 9.17) is 16.3 Å². The van der Waals surface area contributed by atoms with Gasteiger partial charge >= 0.3 is 0 Å². The van der Waals surface area contributed by atoms with Crippen LogP contribution in [0.25, 0.3) is 11.0 Å². The minimum atomic E-state index is -0.233. The summed E-state index contributed by atoms with van der Waals surface area (Å²) in [4.78, 5) is 4.61. The van der Waals surface area contributed by atoms with E-state index in [0.29, 0.717) is 12.3 Å². The molecule has 1 aliphatic rings. The number of nitrogens with zero attached hydrogens (tertiary/aromatic N) is 2. The van der Waals surface area contributed by atoms with Crippen molar-refractivity contribution in [1.82, 2.24) is 9.55 Å². The van der Waals surface area contributed by atoms with Crippen LogP contribution in [0.15, 0.2) is 18.2 Å². The van der Waals surface area contributed by atoms with Crippen molar-refractivity contribution in [1.29, 1.82) is 0 Å². The van der Waals surface area contributed by atoms with Gasteiger partial charge in [-0.2, -0.15) is 0 Å². The van der Waals surface area contributed by atoms with Crippen LogP contribution in [0.3, 0.4) is 0 Å². The maximum Gasteiger partial charge on any atom is 0.125 e. The second-order valence-corrected chi connectivity index (χ2v) is 5.62. The Bertz CT molecular complexity index is 613. The van der Waals surface area contributed by atoms with Gasteiger partial charge in [0.2, 0.25) is 0 Å². The van der Waals surface area contributed by atoms with Crippen molar-refractivity contribution in [2.24, 2.45) is 0 Å². The molecule has 108 valence electrons. The third-order valence-corrected chi connectivity index (χ3v) is 4.28. The van der Waals surface area contributed by atoms with Crippen LogP contribution in [0.5, 0.6) is 0 Å². The normalized spacial score (nSPS) is 22.8. The molecule has 1 aromatic carbocycles. The van der Waals surface area contributed by atoms with Crippen LogP contribution >= 0.6 is 11.6 Å². The zero-order chi connectivity index (χ0) is 14.1. The van der Waals surface area contributed by atoms with Crippen molar-refractivity contribution in [3.05, 3.63) is 29.8 Å². The number of imidazole rings is 1. The SMILES string of the molecule is COC1CCCC1n1c(CCCl)nc2ccc(F)cc21. The molecule has 0 saturated heterocycles. The van der Waals surface area contributed by atoms with Crippen LogP contribution in [0.4, 0.5) is 4.39 Å². The number of halogens is 2. The lowest BCUT2D eigenvalue weighted by Crippen LogP contribution is -2.22. The highest BCUT2D eigenvalue weighted by atomic mass is 35.5. The summed E-state index contributed by atoms with van der Waals surface area (Å²) in [6, 6.07) is 4.97. The molecule has 1 aromatic heterocycles. The van der Waals surface area contributed by atoms with Gasteiger partial charge in [-0.3, -0.25) is 0 Å². The lowest BCUT2D eigenvalue weighted by Gasteiger charge is -2.22. The van der Waals surface area contributed by atoms with Crippen LogP contribution in [0.1, 0.15) is 31.1 Å². The number of hydrogen-bond acceptors (Lipinski definition) is 2. The molecule has 0 spiro atoms. The Labute approximate surface area is 122 Å². The molecule has 1 heterocycles. The lowest BCUT2D eigenvalue weighted by atomic mass is 10.2. The molecular weight excluding hydrogens is 279 g/mol. The van der Waals surface area contributed by atoms with Crippen molar-refractivity contribution < 1.29 is 9.13 Å². The van der Waals surface area contributed by atoms with Gasteiger partial charge in [-0.25, -0.2) is 9.37 Å². The fourth-order valence-corrected chi connectivity index (χ4v) is 3.39. The number of aromatic nitrogens is 2. The van der Waals surface area contributed by atoms with Crippen LogP contribution in [0, 0.1) is 5.82 Å². The quantitative estimate of drug-likeness (QED) is 0.805. The van der Waals surface area contributed by atoms with Gasteiger partial charge < -0.3 is 9.30 Å². The minimum Gasteiger partial charge on any atom is -0.379 e. The molecule has 0 N–H and O–H groups in total. The Balaban J connectivity index is 2.14. The van der Waals surface area contributed by atoms with Gasteiger partial charge in [-0.05, 0) is 37.5 Å². The molecule has 3 rings (SSSR count). The molecule has 2 unspecified atom stereocenters. The Morgan fingerprint density at radius 2 is 2.30 bits per heavy atom. The zero-order valence-electron chi connectivity index (χ0n) is 11.5. The Morgan fingerprint density at radius 3 is 3.05 bits per heavy atom. The molecule has 0 bridgehead atoms. The number of fused-ring (bicyclic) bond motifs is 1. The maximum absolute atomic E-state index is 13.6. The average molecular weight is 297 g/mol. The van der Waals surface area contributed by atoms with Gasteiger partial charge in [0.05, 0.1) is 23.2 Å². The van der Waals surface area contributed by atoms with Crippen molar-refractivity contribution in [3.8, 4) is 0 Å². The van der Waals surface area contributed by atoms with Gasteiger partial charge in [0.25, 0.3) is 0 Å². The third-order valence-electron chi connectivity index (χ3n) is 4.09. The molecule has 0 amide bonds. The summed E-state index contributed by atoms with van der Waals surface area (Å²) >= 11 is 5.89. The maximum atomic E-state index is 13.6. The van der Waals surface area contributed by atoms with Crippen LogP contribution < -0.4 is 0 Å². The van der Waals surface area contributed by atoms with E-state index in [1.54, 1.807) is 19.2 Å². The van der Waals surface area contributed by atoms with Crippen molar-refractivity contribution in [2.45, 2.75) is 37.8 Å². The number of hydrogen-bond donors (Lipinski definition) is 0. The van der Waals surface area contributed by atoms with E-state index >= 15 is 0 Å². The summed E-state index contributed by atoms with van der Waals surface area (Å²) in [6.07, 6.45) is 4.06. The molecule has 2 atom stereocenters. The number of methoxy groups -OCH3 is 1. The first-order valence-corrected chi connectivity index (χ1v) is 7.53. The van der Waals surface area contributed by atoms with Gasteiger partial charge in [0, 0.05) is 19.4 Å². The summed E-state index contributed by atoms with van der Waals surface area (Å²) < 4.78 is 21.3. The summed E-state index contributed by atoms with van der Waals surface area (Å²) in [7, 11) is 1.74. The molecule has 0 aliphatic heterocycles. The predicted octanol–water partition coefficient (Wildman–Crippen LogP) is 3.70. The van der Waals surface area contributed by atoms with E-state index in [9.17, 15) is 4.39 Å². The van der Waals surface area contributed by atoms with E-state index in [-0.39, 0.29) is 18.0 Å². The molecule has 20 heavy (non-hydrogen) atoms. The van der Waals surface area contributed by atoms with Crippen molar-refractivity contribution >= 4 is 22.6 Å². The Kier molecular flexibility index (Phi) is 3.94. The van der Waals surface area contributed by atoms with E-state index in [0.717, 1.165) is 36.1 Å². The largest absolute Gasteiger partial charge is 0.379 e.